The smallest absolute Gasteiger partial charge is 0.312 e. The summed E-state index contributed by atoms with van der Waals surface area (Å²) in [5, 5.41) is 9.13. The lowest BCUT2D eigenvalue weighted by molar-refractivity contribution is -0.138. The van der Waals surface area contributed by atoms with Crippen molar-refractivity contribution in [1.29, 1.82) is 0 Å². The number of aliphatic carboxylic acids is 1. The van der Waals surface area contributed by atoms with Gasteiger partial charge in [-0.05, 0) is 25.7 Å². The van der Waals surface area contributed by atoms with E-state index < -0.39 is 5.97 Å². The highest BCUT2D eigenvalue weighted by molar-refractivity contribution is 5.76. The van der Waals surface area contributed by atoms with E-state index in [9.17, 15) is 4.79 Å². The molecule has 2 N–H and O–H groups in total. The molecule has 1 saturated carbocycles. The molecule has 0 bridgehead atoms. The first kappa shape index (κ1) is 10.8. The van der Waals surface area contributed by atoms with Crippen LogP contribution in [0.25, 0.3) is 0 Å². The molecule has 0 radical (unpaired) electrons. The summed E-state index contributed by atoms with van der Waals surface area (Å²) in [5.41, 5.74) is 1.87. The predicted octanol–water partition coefficient (Wildman–Crippen LogP) is 2.57. The number of imidazole rings is 1. The van der Waals surface area contributed by atoms with Crippen LogP contribution in [0.2, 0.25) is 0 Å². The van der Waals surface area contributed by atoms with Gasteiger partial charge in [0.1, 0.15) is 11.7 Å². The Bertz CT molecular complexity index is 433. The van der Waals surface area contributed by atoms with E-state index in [1.54, 1.807) is 0 Å². The lowest BCUT2D eigenvalue weighted by atomic mass is 9.89. The van der Waals surface area contributed by atoms with Crippen LogP contribution in [0, 0.1) is 0 Å². The summed E-state index contributed by atoms with van der Waals surface area (Å²) in [6.45, 7) is 0. The topological polar surface area (TPSA) is 66.0 Å². The zero-order valence-electron chi connectivity index (χ0n) is 9.91. The molecular formula is C13H18N2O2. The number of carboxylic acid groups (broad SMARTS) is 1. The highest BCUT2D eigenvalue weighted by Gasteiger charge is 2.33. The van der Waals surface area contributed by atoms with Gasteiger partial charge in [0, 0.05) is 11.6 Å². The number of aryl methyl sites for hydroxylation is 1. The van der Waals surface area contributed by atoms with E-state index in [4.69, 9.17) is 5.11 Å². The van der Waals surface area contributed by atoms with Gasteiger partial charge >= 0.3 is 5.97 Å². The van der Waals surface area contributed by atoms with Crippen molar-refractivity contribution in [1.82, 2.24) is 9.97 Å². The van der Waals surface area contributed by atoms with Crippen molar-refractivity contribution in [2.24, 2.45) is 0 Å². The molecule has 92 valence electrons. The van der Waals surface area contributed by atoms with Crippen molar-refractivity contribution in [3.63, 3.8) is 0 Å². The van der Waals surface area contributed by atoms with E-state index in [2.05, 4.69) is 9.97 Å². The normalized spacial score (nSPS) is 24.8. The summed E-state index contributed by atoms with van der Waals surface area (Å²) >= 11 is 0. The van der Waals surface area contributed by atoms with E-state index in [1.165, 1.54) is 32.1 Å². The van der Waals surface area contributed by atoms with Crippen LogP contribution in [0.1, 0.15) is 67.6 Å². The van der Waals surface area contributed by atoms with Crippen LogP contribution in [0.4, 0.5) is 0 Å². The van der Waals surface area contributed by atoms with E-state index in [1.807, 2.05) is 0 Å². The van der Waals surface area contributed by atoms with Gasteiger partial charge in [-0.25, -0.2) is 4.98 Å². The monoisotopic (exact) mass is 234 g/mol. The van der Waals surface area contributed by atoms with Crippen LogP contribution in [0.5, 0.6) is 0 Å². The number of carboxylic acids is 1. The highest BCUT2D eigenvalue weighted by Crippen LogP contribution is 2.36. The Labute approximate surface area is 100 Å². The summed E-state index contributed by atoms with van der Waals surface area (Å²) in [6.07, 6.45) is 7.82. The molecule has 1 heterocycles. The molecule has 4 nitrogen and oxygen atoms in total. The maximum atomic E-state index is 11.1. The van der Waals surface area contributed by atoms with E-state index in [0.717, 1.165) is 23.6 Å². The van der Waals surface area contributed by atoms with Gasteiger partial charge in [0.15, 0.2) is 0 Å². The van der Waals surface area contributed by atoms with Crippen LogP contribution in [0.15, 0.2) is 0 Å². The van der Waals surface area contributed by atoms with Crippen LogP contribution in [0.3, 0.4) is 0 Å². The lowest BCUT2D eigenvalue weighted by Crippen LogP contribution is -2.10. The van der Waals surface area contributed by atoms with Gasteiger partial charge in [-0.1, -0.05) is 19.3 Å². The predicted molar refractivity (Wildman–Crippen MR) is 63.1 cm³/mol. The number of hydrogen-bond donors (Lipinski definition) is 2. The fraction of sp³-hybridized carbons (Fsp3) is 0.692. The molecule has 3 rings (SSSR count). The first-order valence-electron chi connectivity index (χ1n) is 6.57. The average molecular weight is 234 g/mol. The summed E-state index contributed by atoms with van der Waals surface area (Å²) in [5.74, 6) is 0.466. The summed E-state index contributed by atoms with van der Waals surface area (Å²) in [4.78, 5) is 19.1. The molecule has 1 atom stereocenters. The Morgan fingerprint density at radius 1 is 1.24 bits per heavy atom. The lowest BCUT2D eigenvalue weighted by Gasteiger charge is -2.19. The van der Waals surface area contributed by atoms with Crippen LogP contribution >= 0.6 is 0 Å². The molecule has 4 heteroatoms. The molecule has 2 aliphatic carbocycles. The third-order valence-electron chi connectivity index (χ3n) is 4.13. The van der Waals surface area contributed by atoms with Gasteiger partial charge < -0.3 is 10.1 Å². The molecule has 1 aromatic heterocycles. The standard InChI is InChI=1S/C13H18N2O2/c16-13(17)9-6-7-10-11(9)15-12(14-10)8-4-2-1-3-5-8/h8-9H,1-7H2,(H,14,15)(H,16,17). The fourth-order valence-electron chi connectivity index (χ4n) is 3.16. The number of H-pyrrole nitrogens is 1. The summed E-state index contributed by atoms with van der Waals surface area (Å²) in [7, 11) is 0. The van der Waals surface area contributed by atoms with Crippen molar-refractivity contribution in [2.45, 2.75) is 56.8 Å². The van der Waals surface area contributed by atoms with Crippen LogP contribution < -0.4 is 0 Å². The number of aromatic amines is 1. The van der Waals surface area contributed by atoms with Gasteiger partial charge in [-0.2, -0.15) is 0 Å². The first-order valence-corrected chi connectivity index (χ1v) is 6.57. The average Bonchev–Trinajstić information content (AvgIpc) is 2.88. The third kappa shape index (κ3) is 1.85. The first-order chi connectivity index (χ1) is 8.25. The number of nitrogens with one attached hydrogen (secondary N) is 1. The second kappa shape index (κ2) is 4.17. The minimum Gasteiger partial charge on any atom is -0.481 e. The Morgan fingerprint density at radius 2 is 2.00 bits per heavy atom. The number of aromatic nitrogens is 2. The van der Waals surface area contributed by atoms with Gasteiger partial charge in [-0.15, -0.1) is 0 Å². The number of fused-ring (bicyclic) bond motifs is 1. The quantitative estimate of drug-likeness (QED) is 0.826. The minimum absolute atomic E-state index is 0.376. The van der Waals surface area contributed by atoms with Crippen molar-refractivity contribution in [2.75, 3.05) is 0 Å². The second-order valence-electron chi connectivity index (χ2n) is 5.25. The van der Waals surface area contributed by atoms with Crippen molar-refractivity contribution in [3.05, 3.63) is 17.2 Å². The molecule has 0 spiro atoms. The molecule has 0 aliphatic heterocycles. The zero-order valence-corrected chi connectivity index (χ0v) is 9.91. The molecular weight excluding hydrogens is 216 g/mol. The van der Waals surface area contributed by atoms with Gasteiger partial charge in [0.2, 0.25) is 0 Å². The van der Waals surface area contributed by atoms with Crippen LogP contribution in [-0.2, 0) is 11.2 Å². The zero-order chi connectivity index (χ0) is 11.8. The minimum atomic E-state index is -0.731. The SMILES string of the molecule is O=C(O)C1CCc2[nH]c(C3CCCCC3)nc21. The summed E-state index contributed by atoms with van der Waals surface area (Å²) in [6, 6.07) is 0. The van der Waals surface area contributed by atoms with Gasteiger partial charge in [-0.3, -0.25) is 4.79 Å². The Hall–Kier alpha value is -1.32. The largest absolute Gasteiger partial charge is 0.481 e. The maximum Gasteiger partial charge on any atom is 0.312 e. The second-order valence-corrected chi connectivity index (χ2v) is 5.25. The maximum absolute atomic E-state index is 11.1. The number of nitrogens with zero attached hydrogens (tertiary/aromatic N) is 1. The Balaban J connectivity index is 1.84. The molecule has 2 aliphatic rings. The Kier molecular flexibility index (Phi) is 2.65. The van der Waals surface area contributed by atoms with Crippen molar-refractivity contribution >= 4 is 5.97 Å². The molecule has 1 unspecified atom stereocenters. The molecule has 0 saturated heterocycles. The van der Waals surface area contributed by atoms with Gasteiger partial charge in [0.25, 0.3) is 0 Å². The highest BCUT2D eigenvalue weighted by atomic mass is 16.4. The molecule has 17 heavy (non-hydrogen) atoms. The number of hydrogen-bond acceptors (Lipinski definition) is 2. The third-order valence-corrected chi connectivity index (χ3v) is 4.13. The Morgan fingerprint density at radius 3 is 2.71 bits per heavy atom. The van der Waals surface area contributed by atoms with E-state index in [-0.39, 0.29) is 5.92 Å². The van der Waals surface area contributed by atoms with E-state index in [0.29, 0.717) is 12.3 Å². The van der Waals surface area contributed by atoms with Crippen molar-refractivity contribution in [3.8, 4) is 0 Å². The fourth-order valence-corrected chi connectivity index (χ4v) is 3.16. The van der Waals surface area contributed by atoms with Crippen LogP contribution in [-0.4, -0.2) is 21.0 Å². The molecule has 1 aromatic rings. The molecule has 0 amide bonds. The molecule has 1 fully saturated rings. The number of rotatable bonds is 2. The van der Waals surface area contributed by atoms with Gasteiger partial charge in [0.05, 0.1) is 5.69 Å². The number of carbonyl (C=O) groups is 1. The van der Waals surface area contributed by atoms with Crippen molar-refractivity contribution < 1.29 is 9.90 Å². The molecule has 0 aromatic carbocycles. The summed E-state index contributed by atoms with van der Waals surface area (Å²) < 4.78 is 0. The van der Waals surface area contributed by atoms with E-state index >= 15 is 0 Å².